The molecule has 1 fully saturated rings. The molecule has 0 unspecified atom stereocenters. The molecule has 10 nitrogen and oxygen atoms in total. The van der Waals surface area contributed by atoms with Gasteiger partial charge < -0.3 is 24.8 Å². The number of aromatic nitrogens is 5. The summed E-state index contributed by atoms with van der Waals surface area (Å²) in [6.07, 6.45) is -3.35. The van der Waals surface area contributed by atoms with Gasteiger partial charge in [-0.15, -0.1) is 0 Å². The minimum absolute atomic E-state index is 0.104. The largest absolute Gasteiger partial charge is 0.387 e. The number of aliphatic hydroxyl groups excluding tert-OH is 2. The first-order valence-electron chi connectivity index (χ1n) is 10.6. The summed E-state index contributed by atoms with van der Waals surface area (Å²) in [6, 6.07) is 5.81. The molecule has 4 atom stereocenters. The van der Waals surface area contributed by atoms with E-state index in [1.807, 2.05) is 20.8 Å². The number of halogens is 3. The molecule has 13 heteroatoms. The highest BCUT2D eigenvalue weighted by molar-refractivity contribution is 6.30. The van der Waals surface area contributed by atoms with E-state index in [1.165, 1.54) is 23.0 Å². The first kappa shape index (κ1) is 23.9. The van der Waals surface area contributed by atoms with Crippen molar-refractivity contribution >= 4 is 45.9 Å². The van der Waals surface area contributed by atoms with Crippen LogP contribution in [0.15, 0.2) is 35.1 Å². The summed E-state index contributed by atoms with van der Waals surface area (Å²) in [5.74, 6) is -0.182. The van der Waals surface area contributed by atoms with Gasteiger partial charge in [-0.3, -0.25) is 4.57 Å². The average Bonchev–Trinajstić information content (AvgIpc) is 3.49. The van der Waals surface area contributed by atoms with Crippen LogP contribution in [0.4, 0.5) is 15.9 Å². The molecule has 1 aliphatic heterocycles. The van der Waals surface area contributed by atoms with Crippen molar-refractivity contribution < 1.29 is 23.9 Å². The second kappa shape index (κ2) is 8.68. The number of rotatable bonds is 4. The molecule has 1 aromatic carbocycles. The highest BCUT2D eigenvalue weighted by Crippen LogP contribution is 2.41. The van der Waals surface area contributed by atoms with E-state index < -0.39 is 30.4 Å². The zero-order chi connectivity index (χ0) is 25.1. The van der Waals surface area contributed by atoms with Crippen molar-refractivity contribution in [2.75, 3.05) is 5.32 Å². The zero-order valence-corrected chi connectivity index (χ0v) is 20.3. The number of hydrogen-bond acceptors (Lipinski definition) is 9. The third kappa shape index (κ3) is 4.34. The van der Waals surface area contributed by atoms with E-state index in [-0.39, 0.29) is 44.2 Å². The zero-order valence-electron chi connectivity index (χ0n) is 18.8. The Hall–Kier alpha value is -2.83. The molecular weight excluding hydrogens is 502 g/mol. The maximum atomic E-state index is 14.3. The summed E-state index contributed by atoms with van der Waals surface area (Å²) in [5.41, 5.74) is 0.954. The smallest absolute Gasteiger partial charge is 0.226 e. The van der Waals surface area contributed by atoms with Crippen LogP contribution in [0.1, 0.15) is 44.6 Å². The van der Waals surface area contributed by atoms with Crippen LogP contribution in [0.3, 0.4) is 0 Å². The van der Waals surface area contributed by atoms with Crippen molar-refractivity contribution in [3.63, 3.8) is 0 Å². The lowest BCUT2D eigenvalue weighted by atomic mass is 9.92. The van der Waals surface area contributed by atoms with Gasteiger partial charge in [0.1, 0.15) is 24.1 Å². The number of nitrogens with one attached hydrogen (secondary N) is 1. The molecule has 0 radical (unpaired) electrons. The quantitative estimate of drug-likeness (QED) is 0.335. The van der Waals surface area contributed by atoms with E-state index in [1.54, 1.807) is 6.07 Å². The molecule has 0 spiro atoms. The molecule has 3 N–H and O–H groups in total. The van der Waals surface area contributed by atoms with Crippen LogP contribution < -0.4 is 5.32 Å². The van der Waals surface area contributed by atoms with Gasteiger partial charge in [0.2, 0.25) is 5.28 Å². The first-order chi connectivity index (χ1) is 16.5. The summed E-state index contributed by atoms with van der Waals surface area (Å²) in [7, 11) is 0. The Morgan fingerprint density at radius 2 is 1.89 bits per heavy atom. The molecule has 4 aromatic rings. The number of aliphatic hydroxyl groups is 2. The molecule has 3 aromatic heterocycles. The summed E-state index contributed by atoms with van der Waals surface area (Å²) in [5, 5.41) is 28.5. The lowest BCUT2D eigenvalue weighted by Gasteiger charge is -2.16. The van der Waals surface area contributed by atoms with Gasteiger partial charge in [-0.05, 0) is 29.8 Å². The topological polar surface area (TPSA) is 131 Å². The molecule has 0 aliphatic carbocycles. The normalized spacial score (nSPS) is 22.7. The number of fused-ring (bicyclic) bond motifs is 1. The Labute approximate surface area is 208 Å². The maximum Gasteiger partial charge on any atom is 0.226 e. The molecule has 0 bridgehead atoms. The van der Waals surface area contributed by atoms with Gasteiger partial charge in [0.05, 0.1) is 17.7 Å². The van der Waals surface area contributed by atoms with Crippen molar-refractivity contribution in [1.82, 2.24) is 24.7 Å². The van der Waals surface area contributed by atoms with Gasteiger partial charge in [0.25, 0.3) is 0 Å². The Kier molecular flexibility index (Phi) is 5.93. The molecule has 0 saturated carbocycles. The fourth-order valence-electron chi connectivity index (χ4n) is 3.78. The van der Waals surface area contributed by atoms with Crippen molar-refractivity contribution in [3.05, 3.63) is 58.2 Å². The van der Waals surface area contributed by atoms with E-state index in [9.17, 15) is 14.6 Å². The van der Waals surface area contributed by atoms with Gasteiger partial charge in [-0.1, -0.05) is 37.5 Å². The molecule has 5 rings (SSSR count). The lowest BCUT2D eigenvalue weighted by Crippen LogP contribution is -2.28. The summed E-state index contributed by atoms with van der Waals surface area (Å²) in [4.78, 5) is 12.6. The predicted molar refractivity (Wildman–Crippen MR) is 125 cm³/mol. The Balaban J connectivity index is 1.49. The summed E-state index contributed by atoms with van der Waals surface area (Å²) < 4.78 is 27.1. The van der Waals surface area contributed by atoms with Gasteiger partial charge in [-0.25, -0.2) is 9.37 Å². The second-order valence-corrected chi connectivity index (χ2v) is 9.98. The molecular formula is C22H21Cl2FN6O4. The van der Waals surface area contributed by atoms with Gasteiger partial charge >= 0.3 is 0 Å². The van der Waals surface area contributed by atoms with Gasteiger partial charge in [0.15, 0.2) is 29.0 Å². The van der Waals surface area contributed by atoms with E-state index in [0.29, 0.717) is 5.69 Å². The number of nitrogens with zero attached hydrogens (tertiary/aromatic N) is 5. The highest BCUT2D eigenvalue weighted by Gasteiger charge is 2.47. The average molecular weight is 523 g/mol. The Morgan fingerprint density at radius 1 is 1.11 bits per heavy atom. The van der Waals surface area contributed by atoms with Crippen molar-refractivity contribution in [2.45, 2.75) is 50.7 Å². The molecule has 4 heterocycles. The van der Waals surface area contributed by atoms with Gasteiger partial charge in [-0.2, -0.15) is 9.97 Å². The minimum atomic E-state index is -1.35. The van der Waals surface area contributed by atoms with Crippen molar-refractivity contribution in [1.29, 1.82) is 0 Å². The minimum Gasteiger partial charge on any atom is -0.387 e. The van der Waals surface area contributed by atoms with E-state index in [4.69, 9.17) is 32.5 Å². The lowest BCUT2D eigenvalue weighted by molar-refractivity contribution is -0.0434. The summed E-state index contributed by atoms with van der Waals surface area (Å²) >= 11 is 12.0. The second-order valence-electron chi connectivity index (χ2n) is 9.21. The fourth-order valence-corrected chi connectivity index (χ4v) is 4.11. The number of anilines is 2. The predicted octanol–water partition coefficient (Wildman–Crippen LogP) is 4.29. The van der Waals surface area contributed by atoms with E-state index in [2.05, 4.69) is 25.4 Å². The highest BCUT2D eigenvalue weighted by atomic mass is 35.5. The number of imidazole rings is 1. The SMILES string of the molecule is CC(C)(C)c1cc([C@H]2O[C@@H](n3cnc4c(Nc5ccc(Cl)cc5F)nc(Cl)nc43)[C@H](O)[C@@H]2O)on1. The monoisotopic (exact) mass is 522 g/mol. The first-order valence-corrected chi connectivity index (χ1v) is 11.4. The molecule has 1 aliphatic rings. The van der Waals surface area contributed by atoms with E-state index in [0.717, 1.165) is 6.07 Å². The fraction of sp³-hybridized carbons (Fsp3) is 0.364. The van der Waals surface area contributed by atoms with Gasteiger partial charge in [0, 0.05) is 16.5 Å². The molecule has 0 amide bonds. The number of benzene rings is 1. The summed E-state index contributed by atoms with van der Waals surface area (Å²) in [6.45, 7) is 5.92. The van der Waals surface area contributed by atoms with Crippen molar-refractivity contribution in [2.24, 2.45) is 0 Å². The van der Waals surface area contributed by atoms with Crippen LogP contribution in [-0.2, 0) is 10.2 Å². The van der Waals surface area contributed by atoms with Crippen LogP contribution in [-0.4, -0.2) is 47.1 Å². The van der Waals surface area contributed by atoms with Crippen molar-refractivity contribution in [3.8, 4) is 0 Å². The third-order valence-corrected chi connectivity index (χ3v) is 6.07. The van der Waals surface area contributed by atoms with Crippen LogP contribution in [0.2, 0.25) is 10.3 Å². The van der Waals surface area contributed by atoms with Crippen LogP contribution in [0.5, 0.6) is 0 Å². The molecule has 1 saturated heterocycles. The third-order valence-electron chi connectivity index (χ3n) is 5.67. The van der Waals surface area contributed by atoms with Crippen LogP contribution in [0.25, 0.3) is 11.2 Å². The molecule has 35 heavy (non-hydrogen) atoms. The Bertz CT molecular complexity index is 1400. The number of hydrogen-bond donors (Lipinski definition) is 3. The van der Waals surface area contributed by atoms with E-state index >= 15 is 0 Å². The number of ether oxygens (including phenoxy) is 1. The molecule has 184 valence electrons. The maximum absolute atomic E-state index is 14.3. The Morgan fingerprint density at radius 3 is 2.57 bits per heavy atom. The van der Waals surface area contributed by atoms with Crippen LogP contribution in [0, 0.1) is 5.82 Å². The standard InChI is InChI=1S/C22H21Cl2FN6O4/c1-22(2,3)13-7-12(35-30-13)17-15(32)16(33)20(34-17)31-8-26-14-18(28-21(24)29-19(14)31)27-11-5-4-9(23)6-10(11)25/h4-8,15-17,20,32-33H,1-3H3,(H,27,28,29)/t15-,16+,17+,20+/m0/s1. The van der Waals surface area contributed by atoms with Crippen LogP contribution >= 0.6 is 23.2 Å².